The molecule has 0 N–H and O–H groups in total. The van der Waals surface area contributed by atoms with Crippen molar-refractivity contribution in [2.24, 2.45) is 4.99 Å². The van der Waals surface area contributed by atoms with Crippen molar-refractivity contribution in [3.05, 3.63) is 59.2 Å². The molecule has 0 atom stereocenters. The van der Waals surface area contributed by atoms with Gasteiger partial charge in [-0.25, -0.2) is 4.99 Å². The highest BCUT2D eigenvalue weighted by atomic mass is 35.5. The molecule has 0 bridgehead atoms. The zero-order valence-corrected chi connectivity index (χ0v) is 15.4. The standard InChI is InChI=1S/C20H19ClN2OS/c21-19-16-7-3-2-6-15(16)13-25-18-9-8-14(12-17(18)22-19)20(24)23-10-4-1-5-11-23/h2-3,6-9,12H,1,4-5,10-11,13H2. The lowest BCUT2D eigenvalue weighted by Gasteiger charge is -2.27. The van der Waals surface area contributed by atoms with Gasteiger partial charge in [0.2, 0.25) is 0 Å². The molecule has 2 aromatic rings. The van der Waals surface area contributed by atoms with Gasteiger partial charge in [0.05, 0.1) is 5.69 Å². The summed E-state index contributed by atoms with van der Waals surface area (Å²) >= 11 is 8.21. The highest BCUT2D eigenvalue weighted by Gasteiger charge is 2.20. The molecule has 0 aromatic heterocycles. The van der Waals surface area contributed by atoms with Gasteiger partial charge in [-0.3, -0.25) is 4.79 Å². The average Bonchev–Trinajstić information content (AvgIpc) is 2.66. The van der Waals surface area contributed by atoms with E-state index in [0.29, 0.717) is 10.7 Å². The van der Waals surface area contributed by atoms with Crippen molar-refractivity contribution < 1.29 is 4.79 Å². The van der Waals surface area contributed by atoms with E-state index in [-0.39, 0.29) is 5.91 Å². The first-order valence-electron chi connectivity index (χ1n) is 8.61. The van der Waals surface area contributed by atoms with Crippen LogP contribution in [0.5, 0.6) is 0 Å². The van der Waals surface area contributed by atoms with Crippen LogP contribution in [0, 0.1) is 0 Å². The number of aliphatic imine (C=N–C) groups is 1. The van der Waals surface area contributed by atoms with Crippen LogP contribution in [0.25, 0.3) is 0 Å². The monoisotopic (exact) mass is 370 g/mol. The summed E-state index contributed by atoms with van der Waals surface area (Å²) in [5.41, 5.74) is 3.63. The number of carbonyl (C=O) groups is 1. The lowest BCUT2D eigenvalue weighted by atomic mass is 10.1. The Morgan fingerprint density at radius 2 is 1.88 bits per heavy atom. The van der Waals surface area contributed by atoms with Crippen LogP contribution >= 0.6 is 23.4 Å². The predicted molar refractivity (Wildman–Crippen MR) is 104 cm³/mol. The first-order chi connectivity index (χ1) is 12.2. The number of rotatable bonds is 1. The normalized spacial score (nSPS) is 17.0. The van der Waals surface area contributed by atoms with Gasteiger partial charge >= 0.3 is 0 Å². The van der Waals surface area contributed by atoms with Gasteiger partial charge in [0, 0.05) is 34.9 Å². The quantitative estimate of drug-likeness (QED) is 0.688. The first kappa shape index (κ1) is 16.7. The first-order valence-corrected chi connectivity index (χ1v) is 9.97. The van der Waals surface area contributed by atoms with Gasteiger partial charge in [-0.15, -0.1) is 11.8 Å². The molecule has 2 heterocycles. The van der Waals surface area contributed by atoms with E-state index in [2.05, 4.69) is 11.1 Å². The summed E-state index contributed by atoms with van der Waals surface area (Å²) in [6, 6.07) is 13.9. The van der Waals surface area contributed by atoms with Crippen LogP contribution in [0.3, 0.4) is 0 Å². The summed E-state index contributed by atoms with van der Waals surface area (Å²) < 4.78 is 0. The second-order valence-electron chi connectivity index (χ2n) is 6.38. The van der Waals surface area contributed by atoms with E-state index in [0.717, 1.165) is 47.8 Å². The molecule has 2 aliphatic rings. The third-order valence-corrected chi connectivity index (χ3v) is 6.09. The van der Waals surface area contributed by atoms with Crippen LogP contribution in [0.4, 0.5) is 5.69 Å². The van der Waals surface area contributed by atoms with Crippen LogP contribution in [0.1, 0.15) is 40.7 Å². The Hall–Kier alpha value is -1.78. The number of halogens is 1. The summed E-state index contributed by atoms with van der Waals surface area (Å²) in [5, 5.41) is 0.486. The van der Waals surface area contributed by atoms with Crippen molar-refractivity contribution in [1.29, 1.82) is 0 Å². The van der Waals surface area contributed by atoms with E-state index in [9.17, 15) is 4.79 Å². The Bertz CT molecular complexity index is 843. The lowest BCUT2D eigenvalue weighted by Crippen LogP contribution is -2.35. The van der Waals surface area contributed by atoms with Crippen LogP contribution in [0.15, 0.2) is 52.4 Å². The molecule has 0 radical (unpaired) electrons. The summed E-state index contributed by atoms with van der Waals surface area (Å²) in [6.45, 7) is 1.70. The molecule has 0 unspecified atom stereocenters. The second kappa shape index (κ2) is 7.22. The largest absolute Gasteiger partial charge is 0.339 e. The summed E-state index contributed by atoms with van der Waals surface area (Å²) in [7, 11) is 0. The van der Waals surface area contributed by atoms with Crippen LogP contribution < -0.4 is 0 Å². The molecule has 1 fully saturated rings. The molecule has 5 heteroatoms. The molecule has 1 amide bonds. The van der Waals surface area contributed by atoms with Gasteiger partial charge in [-0.1, -0.05) is 35.9 Å². The topological polar surface area (TPSA) is 32.7 Å². The molecule has 1 saturated heterocycles. The molecule has 2 aromatic carbocycles. The fraction of sp³-hybridized carbons (Fsp3) is 0.300. The molecule has 0 spiro atoms. The van der Waals surface area contributed by atoms with E-state index in [1.54, 1.807) is 11.8 Å². The molecular weight excluding hydrogens is 352 g/mol. The number of amides is 1. The third-order valence-electron chi connectivity index (χ3n) is 4.69. The Balaban J connectivity index is 1.69. The minimum Gasteiger partial charge on any atom is -0.339 e. The van der Waals surface area contributed by atoms with Crippen molar-refractivity contribution in [3.8, 4) is 0 Å². The number of carbonyl (C=O) groups excluding carboxylic acids is 1. The van der Waals surface area contributed by atoms with Crippen LogP contribution in [-0.4, -0.2) is 29.1 Å². The van der Waals surface area contributed by atoms with Gasteiger partial charge in [0.25, 0.3) is 5.91 Å². The highest BCUT2D eigenvalue weighted by molar-refractivity contribution is 7.98. The third kappa shape index (κ3) is 3.46. The fourth-order valence-corrected chi connectivity index (χ4v) is 4.56. The fourth-order valence-electron chi connectivity index (χ4n) is 3.31. The molecule has 0 aliphatic carbocycles. The number of likely N-dealkylation sites (tertiary alicyclic amines) is 1. The van der Waals surface area contributed by atoms with Crippen molar-refractivity contribution >= 4 is 40.1 Å². The number of piperidine rings is 1. The van der Waals surface area contributed by atoms with Crippen molar-refractivity contribution in [2.45, 2.75) is 29.9 Å². The van der Waals surface area contributed by atoms with E-state index in [4.69, 9.17) is 11.6 Å². The summed E-state index contributed by atoms with van der Waals surface area (Å²) in [5.74, 6) is 0.940. The van der Waals surface area contributed by atoms with Crippen LogP contribution in [0.2, 0.25) is 0 Å². The Kier molecular flexibility index (Phi) is 4.82. The summed E-state index contributed by atoms with van der Waals surface area (Å²) in [4.78, 5) is 20.4. The second-order valence-corrected chi connectivity index (χ2v) is 7.76. The van der Waals surface area contributed by atoms with E-state index >= 15 is 0 Å². The zero-order valence-electron chi connectivity index (χ0n) is 13.9. The number of thioether (sulfide) groups is 1. The molecule has 0 saturated carbocycles. The summed E-state index contributed by atoms with van der Waals surface area (Å²) in [6.07, 6.45) is 3.39. The Morgan fingerprint density at radius 1 is 1.08 bits per heavy atom. The SMILES string of the molecule is O=C(c1ccc2c(c1)N=C(Cl)c1ccccc1CS2)N1CCCCC1. The number of hydrogen-bond donors (Lipinski definition) is 0. The van der Waals surface area contributed by atoms with Crippen molar-refractivity contribution in [3.63, 3.8) is 0 Å². The maximum absolute atomic E-state index is 12.8. The number of benzene rings is 2. The molecule has 25 heavy (non-hydrogen) atoms. The minimum absolute atomic E-state index is 0.0984. The molecular formula is C20H19ClN2OS. The maximum Gasteiger partial charge on any atom is 0.253 e. The average molecular weight is 371 g/mol. The molecule has 2 aliphatic heterocycles. The molecule has 3 nitrogen and oxygen atoms in total. The Labute approximate surface area is 157 Å². The van der Waals surface area contributed by atoms with Gasteiger partial charge in [-0.05, 0) is 43.0 Å². The molecule has 4 rings (SSSR count). The van der Waals surface area contributed by atoms with Gasteiger partial charge in [0.15, 0.2) is 0 Å². The smallest absolute Gasteiger partial charge is 0.253 e. The number of nitrogens with zero attached hydrogens (tertiary/aromatic N) is 2. The van der Waals surface area contributed by atoms with E-state index in [1.165, 1.54) is 12.0 Å². The number of fused-ring (bicyclic) bond motifs is 2. The highest BCUT2D eigenvalue weighted by Crippen LogP contribution is 2.37. The lowest BCUT2D eigenvalue weighted by molar-refractivity contribution is 0.0724. The molecule has 128 valence electrons. The van der Waals surface area contributed by atoms with E-state index < -0.39 is 0 Å². The maximum atomic E-state index is 12.8. The van der Waals surface area contributed by atoms with Gasteiger partial charge < -0.3 is 4.90 Å². The van der Waals surface area contributed by atoms with Crippen molar-refractivity contribution in [1.82, 2.24) is 4.90 Å². The van der Waals surface area contributed by atoms with Gasteiger partial charge in [-0.2, -0.15) is 0 Å². The zero-order chi connectivity index (χ0) is 17.2. The minimum atomic E-state index is 0.0984. The Morgan fingerprint density at radius 3 is 2.72 bits per heavy atom. The van der Waals surface area contributed by atoms with Gasteiger partial charge in [0.1, 0.15) is 5.17 Å². The van der Waals surface area contributed by atoms with Crippen LogP contribution in [-0.2, 0) is 5.75 Å². The predicted octanol–water partition coefficient (Wildman–Crippen LogP) is 5.24. The van der Waals surface area contributed by atoms with E-state index in [1.807, 2.05) is 41.3 Å². The number of hydrogen-bond acceptors (Lipinski definition) is 3. The van der Waals surface area contributed by atoms with Crippen molar-refractivity contribution in [2.75, 3.05) is 13.1 Å².